The van der Waals surface area contributed by atoms with Crippen molar-refractivity contribution in [3.8, 4) is 17.2 Å². The number of sulfonamides is 1. The smallest absolute Gasteiger partial charge is 0.257 e. The molecular formula is C23H26N2O6S. The number of nitrogens with zero attached hydrogens (tertiary/aromatic N) is 2. The average Bonchev–Trinajstić information content (AvgIpc) is 3.12. The van der Waals surface area contributed by atoms with E-state index in [2.05, 4.69) is 6.92 Å². The van der Waals surface area contributed by atoms with Gasteiger partial charge in [-0.1, -0.05) is 19.1 Å². The van der Waals surface area contributed by atoms with Gasteiger partial charge in [-0.15, -0.1) is 0 Å². The second-order valence-electron chi connectivity index (χ2n) is 8.34. The van der Waals surface area contributed by atoms with Crippen LogP contribution < -0.4 is 14.2 Å². The molecule has 3 aliphatic rings. The van der Waals surface area contributed by atoms with E-state index in [-0.39, 0.29) is 35.9 Å². The fraction of sp³-hybridized carbons (Fsp3) is 0.435. The maximum atomic E-state index is 13.2. The minimum absolute atomic E-state index is 0.0203. The maximum absolute atomic E-state index is 13.2. The van der Waals surface area contributed by atoms with Crippen molar-refractivity contribution >= 4 is 15.9 Å². The minimum Gasteiger partial charge on any atom is -0.489 e. The third-order valence-corrected chi connectivity index (χ3v) is 8.35. The molecular weight excluding hydrogens is 432 g/mol. The molecule has 3 aliphatic heterocycles. The van der Waals surface area contributed by atoms with Gasteiger partial charge < -0.3 is 19.1 Å². The van der Waals surface area contributed by atoms with Crippen molar-refractivity contribution in [2.75, 3.05) is 39.4 Å². The lowest BCUT2D eigenvalue weighted by atomic mass is 9.96. The Morgan fingerprint density at radius 3 is 2.44 bits per heavy atom. The fourth-order valence-electron chi connectivity index (χ4n) is 4.39. The van der Waals surface area contributed by atoms with Crippen molar-refractivity contribution in [1.29, 1.82) is 0 Å². The van der Waals surface area contributed by atoms with E-state index in [1.54, 1.807) is 17.0 Å². The largest absolute Gasteiger partial charge is 0.489 e. The van der Waals surface area contributed by atoms with Crippen LogP contribution in [0.3, 0.4) is 0 Å². The van der Waals surface area contributed by atoms with Crippen LogP contribution in [0.4, 0.5) is 0 Å². The number of carbonyl (C=O) groups excluding carboxylic acids is 1. The van der Waals surface area contributed by atoms with Crippen LogP contribution >= 0.6 is 0 Å². The summed E-state index contributed by atoms with van der Waals surface area (Å²) in [4.78, 5) is 15.1. The second kappa shape index (κ2) is 7.97. The summed E-state index contributed by atoms with van der Waals surface area (Å²) in [6, 6.07) is 10.3. The van der Waals surface area contributed by atoms with Crippen molar-refractivity contribution < 1.29 is 27.4 Å². The topological polar surface area (TPSA) is 85.4 Å². The van der Waals surface area contributed by atoms with Crippen LogP contribution in [0.15, 0.2) is 41.3 Å². The molecule has 8 nitrogen and oxygen atoms in total. The number of amides is 1. The van der Waals surface area contributed by atoms with Gasteiger partial charge in [0.1, 0.15) is 25.1 Å². The molecule has 0 spiro atoms. The van der Waals surface area contributed by atoms with E-state index in [0.29, 0.717) is 49.1 Å². The first-order valence-electron chi connectivity index (χ1n) is 10.8. The molecule has 32 heavy (non-hydrogen) atoms. The number of benzene rings is 2. The minimum atomic E-state index is -3.70. The summed E-state index contributed by atoms with van der Waals surface area (Å²) in [5, 5.41) is 0. The van der Waals surface area contributed by atoms with E-state index in [4.69, 9.17) is 14.2 Å². The standard InChI is InChI=1S/C23H26N2O6S/c1-15-16(2)31-22-18(15)4-3-5-19(22)23(26)24-8-10-25(11-9-24)32(27,28)17-6-7-20-21(14-17)30-13-12-29-20/h3-7,14-16H,8-13H2,1-2H3/t15-,16+/m1/s1. The van der Waals surface area contributed by atoms with E-state index in [0.717, 1.165) is 5.56 Å². The number of fused-ring (bicyclic) bond motifs is 2. The fourth-order valence-corrected chi connectivity index (χ4v) is 5.83. The lowest BCUT2D eigenvalue weighted by Crippen LogP contribution is -2.50. The number of carbonyl (C=O) groups is 1. The molecule has 0 saturated carbocycles. The third kappa shape index (κ3) is 3.49. The molecule has 2 aromatic rings. The molecule has 0 unspecified atom stereocenters. The first kappa shape index (κ1) is 21.1. The highest BCUT2D eigenvalue weighted by atomic mass is 32.2. The van der Waals surface area contributed by atoms with Gasteiger partial charge in [0.2, 0.25) is 10.0 Å². The van der Waals surface area contributed by atoms with Crippen LogP contribution in [0.25, 0.3) is 0 Å². The van der Waals surface area contributed by atoms with Crippen molar-refractivity contribution in [3.63, 3.8) is 0 Å². The van der Waals surface area contributed by atoms with Gasteiger partial charge in [-0.05, 0) is 25.1 Å². The van der Waals surface area contributed by atoms with Crippen LogP contribution in [-0.4, -0.2) is 69.0 Å². The Balaban J connectivity index is 1.30. The zero-order valence-corrected chi connectivity index (χ0v) is 18.9. The van der Waals surface area contributed by atoms with Crippen LogP contribution in [0, 0.1) is 0 Å². The van der Waals surface area contributed by atoms with Gasteiger partial charge in [-0.25, -0.2) is 8.42 Å². The van der Waals surface area contributed by atoms with Crippen molar-refractivity contribution in [2.45, 2.75) is 30.8 Å². The molecule has 3 heterocycles. The van der Waals surface area contributed by atoms with Gasteiger partial charge in [0.25, 0.3) is 5.91 Å². The van der Waals surface area contributed by atoms with Gasteiger partial charge in [0.15, 0.2) is 11.5 Å². The van der Waals surface area contributed by atoms with Crippen molar-refractivity contribution in [3.05, 3.63) is 47.5 Å². The van der Waals surface area contributed by atoms with Crippen LogP contribution in [0.5, 0.6) is 17.2 Å². The molecule has 0 radical (unpaired) electrons. The summed E-state index contributed by atoms with van der Waals surface area (Å²) in [7, 11) is -3.70. The normalized spacial score (nSPS) is 22.9. The highest BCUT2D eigenvalue weighted by Crippen LogP contribution is 2.40. The van der Waals surface area contributed by atoms with Crippen molar-refractivity contribution in [2.24, 2.45) is 0 Å². The second-order valence-corrected chi connectivity index (χ2v) is 10.3. The maximum Gasteiger partial charge on any atom is 0.257 e. The highest BCUT2D eigenvalue weighted by molar-refractivity contribution is 7.89. The summed E-state index contributed by atoms with van der Waals surface area (Å²) in [6.45, 7) is 6.02. The Kier molecular flexibility index (Phi) is 5.25. The number of para-hydroxylation sites is 1. The van der Waals surface area contributed by atoms with Gasteiger partial charge in [0.05, 0.1) is 10.5 Å². The number of hydrogen-bond donors (Lipinski definition) is 0. The van der Waals surface area contributed by atoms with E-state index < -0.39 is 10.0 Å². The molecule has 9 heteroatoms. The predicted octanol–water partition coefficient (Wildman–Crippen LogP) is 2.49. The first-order chi connectivity index (χ1) is 15.4. The van der Waals surface area contributed by atoms with Crippen LogP contribution in [-0.2, 0) is 10.0 Å². The van der Waals surface area contributed by atoms with Gasteiger partial charge in [0, 0.05) is 43.7 Å². The molecule has 0 aliphatic carbocycles. The zero-order valence-electron chi connectivity index (χ0n) is 18.1. The summed E-state index contributed by atoms with van der Waals surface area (Å²) in [6.07, 6.45) is 0.0203. The van der Waals surface area contributed by atoms with Crippen LogP contribution in [0.2, 0.25) is 0 Å². The van der Waals surface area contributed by atoms with E-state index in [1.165, 1.54) is 16.4 Å². The molecule has 0 aromatic heterocycles. The third-order valence-electron chi connectivity index (χ3n) is 6.45. The quantitative estimate of drug-likeness (QED) is 0.703. The molecule has 1 amide bonds. The number of rotatable bonds is 3. The molecule has 0 N–H and O–H groups in total. The Bertz CT molecular complexity index is 1160. The van der Waals surface area contributed by atoms with E-state index in [9.17, 15) is 13.2 Å². The van der Waals surface area contributed by atoms with E-state index in [1.807, 2.05) is 19.1 Å². The molecule has 1 saturated heterocycles. The lowest BCUT2D eigenvalue weighted by molar-refractivity contribution is 0.0692. The average molecular weight is 459 g/mol. The van der Waals surface area contributed by atoms with Crippen molar-refractivity contribution in [1.82, 2.24) is 9.21 Å². The zero-order chi connectivity index (χ0) is 22.5. The Hall–Kier alpha value is -2.78. The molecule has 170 valence electrons. The Morgan fingerprint density at radius 2 is 1.69 bits per heavy atom. The SMILES string of the molecule is C[C@@H]1Oc2c(C(=O)N3CCN(S(=O)(=O)c4ccc5c(c4)OCCO5)CC3)cccc2[C@@H]1C. The predicted molar refractivity (Wildman–Crippen MR) is 117 cm³/mol. The van der Waals surface area contributed by atoms with Gasteiger partial charge >= 0.3 is 0 Å². The monoisotopic (exact) mass is 458 g/mol. The number of hydrogen-bond acceptors (Lipinski definition) is 6. The van der Waals surface area contributed by atoms with Gasteiger partial charge in [-0.2, -0.15) is 4.31 Å². The molecule has 2 aromatic carbocycles. The summed E-state index contributed by atoms with van der Waals surface area (Å²) < 4.78 is 44.7. The summed E-state index contributed by atoms with van der Waals surface area (Å²) >= 11 is 0. The Morgan fingerprint density at radius 1 is 0.969 bits per heavy atom. The number of piperazine rings is 1. The van der Waals surface area contributed by atoms with Gasteiger partial charge in [-0.3, -0.25) is 4.79 Å². The highest BCUT2D eigenvalue weighted by Gasteiger charge is 2.35. The summed E-state index contributed by atoms with van der Waals surface area (Å²) in [5.41, 5.74) is 1.59. The molecule has 2 atom stereocenters. The number of ether oxygens (including phenoxy) is 3. The molecule has 1 fully saturated rings. The summed E-state index contributed by atoms with van der Waals surface area (Å²) in [5.74, 6) is 1.74. The first-order valence-corrected chi connectivity index (χ1v) is 12.3. The van der Waals surface area contributed by atoms with Crippen LogP contribution in [0.1, 0.15) is 35.7 Å². The lowest BCUT2D eigenvalue weighted by Gasteiger charge is -2.34. The Labute approximate surface area is 187 Å². The molecule has 0 bridgehead atoms. The van der Waals surface area contributed by atoms with E-state index >= 15 is 0 Å². The molecule has 5 rings (SSSR count).